The van der Waals surface area contributed by atoms with Gasteiger partial charge in [-0.25, -0.2) is 0 Å². The third-order valence-corrected chi connectivity index (χ3v) is 16.3. The normalized spacial score (nSPS) is 12.1. The first-order valence-electron chi connectivity index (χ1n) is 25.8. The minimum absolute atomic E-state index is 1.23. The van der Waals surface area contributed by atoms with Gasteiger partial charge in [0.1, 0.15) is 0 Å². The molecule has 0 bridgehead atoms. The SMILES string of the molecule is c1ccc2cc3c(cc(-c4c5ccccc5c(-c5ccc(-c6c7ccccc7c(-c7cc8cc9ccccc9cc8c8ccccc78)c7ccccc67)c6ccccc56)c5ccccc45)c4ccccc43)cc2c1. The van der Waals surface area contributed by atoms with E-state index in [-0.39, 0.29) is 0 Å². The Morgan fingerprint density at radius 1 is 0.122 bits per heavy atom. The fraction of sp³-hybridized carbons (Fsp3) is 0. The van der Waals surface area contributed by atoms with Crippen molar-refractivity contribution in [3.8, 4) is 44.5 Å². The maximum absolute atomic E-state index is 2.45. The van der Waals surface area contributed by atoms with Crippen LogP contribution in [0.15, 0.2) is 267 Å². The van der Waals surface area contributed by atoms with Crippen molar-refractivity contribution in [1.82, 2.24) is 0 Å². The fourth-order valence-corrected chi connectivity index (χ4v) is 13.2. The average Bonchev–Trinajstić information content (AvgIpc) is 3.52. The molecule has 0 atom stereocenters. The number of rotatable bonds is 4. The Kier molecular flexibility index (Phi) is 8.84. The molecule has 0 radical (unpaired) electrons. The molecule has 0 heterocycles. The van der Waals surface area contributed by atoms with Crippen molar-refractivity contribution in [2.45, 2.75) is 0 Å². The lowest BCUT2D eigenvalue weighted by molar-refractivity contribution is 1.68. The van der Waals surface area contributed by atoms with Crippen molar-refractivity contribution in [2.24, 2.45) is 0 Å². The standard InChI is InChI=1S/C74H44/c1-3-21-47-41-67-49(39-45(47)19-1)43-69(55-27-9-7-25-53(55)67)73-61-33-15-11-29-57(61)71(58-30-12-16-34-62(58)73)65-37-38-66(52-24-6-5-23-51(52)65)72-59-31-13-17-35-63(59)74(64-36-18-14-32-60(64)72)70-44-50-40-46-20-2-4-22-48(46)42-68(50)54-26-8-10-28-56(54)70/h1-44H. The summed E-state index contributed by atoms with van der Waals surface area (Å²) in [6.45, 7) is 0. The van der Waals surface area contributed by atoms with Gasteiger partial charge in [-0.05, 0) is 199 Å². The van der Waals surface area contributed by atoms with Crippen molar-refractivity contribution in [3.05, 3.63) is 267 Å². The van der Waals surface area contributed by atoms with Crippen LogP contribution in [-0.4, -0.2) is 0 Å². The molecule has 0 aliphatic carbocycles. The maximum atomic E-state index is 2.45. The molecule has 0 fully saturated rings. The van der Waals surface area contributed by atoms with Gasteiger partial charge in [0.2, 0.25) is 0 Å². The van der Waals surface area contributed by atoms with E-state index in [0.29, 0.717) is 0 Å². The molecule has 16 rings (SSSR count). The van der Waals surface area contributed by atoms with Crippen molar-refractivity contribution >= 4 is 118 Å². The lowest BCUT2D eigenvalue weighted by Crippen LogP contribution is -1.95. The summed E-state index contributed by atoms with van der Waals surface area (Å²) in [5, 5.41) is 27.7. The van der Waals surface area contributed by atoms with Gasteiger partial charge in [-0.3, -0.25) is 0 Å². The number of fused-ring (bicyclic) bond motifs is 13. The predicted molar refractivity (Wildman–Crippen MR) is 321 cm³/mol. The van der Waals surface area contributed by atoms with Crippen LogP contribution in [-0.2, 0) is 0 Å². The van der Waals surface area contributed by atoms with Crippen molar-refractivity contribution < 1.29 is 0 Å². The highest BCUT2D eigenvalue weighted by atomic mass is 14.3. The van der Waals surface area contributed by atoms with E-state index in [9.17, 15) is 0 Å². The van der Waals surface area contributed by atoms with Crippen molar-refractivity contribution in [2.75, 3.05) is 0 Å². The zero-order chi connectivity index (χ0) is 48.4. The third kappa shape index (κ3) is 5.97. The van der Waals surface area contributed by atoms with Crippen LogP contribution in [0.1, 0.15) is 0 Å². The van der Waals surface area contributed by atoms with Gasteiger partial charge in [-0.1, -0.05) is 231 Å². The van der Waals surface area contributed by atoms with Crippen LogP contribution in [0.25, 0.3) is 163 Å². The molecule has 0 aliphatic heterocycles. The third-order valence-electron chi connectivity index (χ3n) is 16.3. The molecule has 0 unspecified atom stereocenters. The minimum atomic E-state index is 1.23. The van der Waals surface area contributed by atoms with E-state index in [0.717, 1.165) is 0 Å². The highest BCUT2D eigenvalue weighted by Crippen LogP contribution is 2.52. The molecule has 0 nitrogen and oxygen atoms in total. The highest BCUT2D eigenvalue weighted by molar-refractivity contribution is 6.31. The number of hydrogen-bond donors (Lipinski definition) is 0. The van der Waals surface area contributed by atoms with Crippen LogP contribution < -0.4 is 0 Å². The second-order valence-electron chi connectivity index (χ2n) is 20.2. The van der Waals surface area contributed by atoms with Crippen molar-refractivity contribution in [3.63, 3.8) is 0 Å². The Bertz CT molecular complexity index is 4640. The Balaban J connectivity index is 0.952. The summed E-state index contributed by atoms with van der Waals surface area (Å²) in [5.41, 5.74) is 10.1. The van der Waals surface area contributed by atoms with E-state index in [1.165, 1.54) is 163 Å². The Labute approximate surface area is 427 Å². The summed E-state index contributed by atoms with van der Waals surface area (Å²) in [7, 11) is 0. The zero-order valence-electron chi connectivity index (χ0n) is 40.4. The molecule has 0 aromatic heterocycles. The molecule has 0 aliphatic rings. The summed E-state index contributed by atoms with van der Waals surface area (Å²) < 4.78 is 0. The topological polar surface area (TPSA) is 0 Å². The largest absolute Gasteiger partial charge is 0.0616 e. The molecule has 0 heteroatoms. The molecule has 340 valence electrons. The smallest absolute Gasteiger partial charge is 0.00199 e. The maximum Gasteiger partial charge on any atom is -0.00199 e. The van der Waals surface area contributed by atoms with E-state index in [1.807, 2.05) is 0 Å². The van der Waals surface area contributed by atoms with E-state index >= 15 is 0 Å². The van der Waals surface area contributed by atoms with Crippen LogP contribution in [0, 0.1) is 0 Å². The second-order valence-corrected chi connectivity index (χ2v) is 20.2. The molecule has 16 aromatic rings. The second kappa shape index (κ2) is 15.9. The summed E-state index contributed by atoms with van der Waals surface area (Å²) >= 11 is 0. The van der Waals surface area contributed by atoms with Gasteiger partial charge in [-0.2, -0.15) is 0 Å². The van der Waals surface area contributed by atoms with E-state index in [1.54, 1.807) is 0 Å². The number of hydrogen-bond acceptors (Lipinski definition) is 0. The van der Waals surface area contributed by atoms with Gasteiger partial charge in [-0.15, -0.1) is 0 Å². The van der Waals surface area contributed by atoms with E-state index in [4.69, 9.17) is 0 Å². The summed E-state index contributed by atoms with van der Waals surface area (Å²) in [4.78, 5) is 0. The van der Waals surface area contributed by atoms with Crippen LogP contribution >= 0.6 is 0 Å². The molecule has 16 aromatic carbocycles. The summed E-state index contributed by atoms with van der Waals surface area (Å²) in [5.74, 6) is 0. The summed E-state index contributed by atoms with van der Waals surface area (Å²) in [6, 6.07) is 100. The summed E-state index contributed by atoms with van der Waals surface area (Å²) in [6.07, 6.45) is 0. The molecule has 0 amide bonds. The van der Waals surface area contributed by atoms with Gasteiger partial charge in [0.15, 0.2) is 0 Å². The molecule has 0 saturated heterocycles. The Morgan fingerprint density at radius 2 is 0.338 bits per heavy atom. The first-order valence-corrected chi connectivity index (χ1v) is 25.8. The molecule has 74 heavy (non-hydrogen) atoms. The van der Waals surface area contributed by atoms with Gasteiger partial charge < -0.3 is 0 Å². The van der Waals surface area contributed by atoms with Crippen LogP contribution in [0.4, 0.5) is 0 Å². The molecule has 0 saturated carbocycles. The first kappa shape index (κ1) is 41.0. The van der Waals surface area contributed by atoms with Gasteiger partial charge in [0.25, 0.3) is 0 Å². The van der Waals surface area contributed by atoms with Crippen LogP contribution in [0.3, 0.4) is 0 Å². The fourth-order valence-electron chi connectivity index (χ4n) is 13.2. The minimum Gasteiger partial charge on any atom is -0.0616 e. The van der Waals surface area contributed by atoms with Gasteiger partial charge in [0.05, 0.1) is 0 Å². The van der Waals surface area contributed by atoms with Gasteiger partial charge >= 0.3 is 0 Å². The number of benzene rings is 16. The Hall–Kier alpha value is -9.62. The zero-order valence-corrected chi connectivity index (χ0v) is 40.4. The lowest BCUT2D eigenvalue weighted by Gasteiger charge is -2.22. The first-order chi connectivity index (χ1) is 36.7. The lowest BCUT2D eigenvalue weighted by atomic mass is 9.80. The average molecular weight is 933 g/mol. The van der Waals surface area contributed by atoms with Crippen molar-refractivity contribution in [1.29, 1.82) is 0 Å². The predicted octanol–water partition coefficient (Wildman–Crippen LogP) is 21.0. The van der Waals surface area contributed by atoms with E-state index < -0.39 is 0 Å². The molecule has 0 N–H and O–H groups in total. The monoisotopic (exact) mass is 932 g/mol. The Morgan fingerprint density at radius 3 is 0.635 bits per heavy atom. The van der Waals surface area contributed by atoms with Gasteiger partial charge in [0, 0.05) is 0 Å². The highest BCUT2D eigenvalue weighted by Gasteiger charge is 2.24. The quantitative estimate of drug-likeness (QED) is 0.122. The van der Waals surface area contributed by atoms with E-state index in [2.05, 4.69) is 267 Å². The van der Waals surface area contributed by atoms with Crippen LogP contribution in [0.5, 0.6) is 0 Å². The molecular formula is C74H44. The van der Waals surface area contributed by atoms with Crippen LogP contribution in [0.2, 0.25) is 0 Å². The molecule has 0 spiro atoms. The molecular weight excluding hydrogens is 889 g/mol.